The highest BCUT2D eigenvalue weighted by Crippen LogP contribution is 2.34. The molecule has 0 amide bonds. The molecule has 0 spiro atoms. The molecule has 1 fully saturated rings. The van der Waals surface area contributed by atoms with Crippen LogP contribution in [-0.4, -0.2) is 36.9 Å². The highest BCUT2D eigenvalue weighted by molar-refractivity contribution is 7.89. The molecule has 0 atom stereocenters. The molecule has 0 saturated heterocycles. The summed E-state index contributed by atoms with van der Waals surface area (Å²) in [6.07, 6.45) is 3.19. The van der Waals surface area contributed by atoms with Gasteiger partial charge in [-0.25, -0.2) is 13.1 Å². The molecule has 2 aromatic rings. The normalized spacial score (nSPS) is 20.8. The van der Waals surface area contributed by atoms with Crippen molar-refractivity contribution in [1.29, 1.82) is 0 Å². The van der Waals surface area contributed by atoms with Gasteiger partial charge in [-0.3, -0.25) is 0 Å². The molecule has 1 aliphatic carbocycles. The van der Waals surface area contributed by atoms with E-state index in [1.807, 2.05) is 0 Å². The Hall–Kier alpha value is -2.07. The summed E-state index contributed by atoms with van der Waals surface area (Å²) >= 11 is 0. The lowest BCUT2D eigenvalue weighted by Gasteiger charge is -2.28. The largest absolute Gasteiger partial charge is 0.335 e. The van der Waals surface area contributed by atoms with Crippen LogP contribution >= 0.6 is 0 Å². The average Bonchev–Trinajstić information content (AvgIpc) is 3.17. The minimum Gasteiger partial charge on any atom is -0.335 e. The average molecular weight is 414 g/mol. The molecule has 0 radical (unpaired) electrons. The third-order valence-electron chi connectivity index (χ3n) is 4.99. The van der Waals surface area contributed by atoms with Crippen molar-refractivity contribution in [2.24, 2.45) is 5.92 Å². The molecular formula is C18H24F2N4O3S. The first kappa shape index (κ1) is 20.7. The molecule has 3 rings (SSSR count). The number of nitrogens with zero attached hydrogens (tertiary/aromatic N) is 2. The van der Waals surface area contributed by atoms with Gasteiger partial charge in [0, 0.05) is 18.2 Å². The van der Waals surface area contributed by atoms with Crippen LogP contribution < -0.4 is 10.0 Å². The van der Waals surface area contributed by atoms with Crippen molar-refractivity contribution in [3.05, 3.63) is 41.7 Å². The Morgan fingerprint density at radius 1 is 1.18 bits per heavy atom. The van der Waals surface area contributed by atoms with Gasteiger partial charge in [0.1, 0.15) is 0 Å². The Balaban J connectivity index is 1.53. The first-order valence-electron chi connectivity index (χ1n) is 9.31. The number of hydrogen-bond acceptors (Lipinski definition) is 6. The van der Waals surface area contributed by atoms with Crippen molar-refractivity contribution in [2.45, 2.75) is 44.6 Å². The molecule has 0 aliphatic heterocycles. The molecule has 2 N–H and O–H groups in total. The molecule has 1 heterocycles. The van der Waals surface area contributed by atoms with Gasteiger partial charge in [-0.15, -0.1) is 0 Å². The maximum absolute atomic E-state index is 14.5. The Kier molecular flexibility index (Phi) is 6.29. The van der Waals surface area contributed by atoms with Crippen molar-refractivity contribution in [1.82, 2.24) is 14.9 Å². The number of rotatable bonds is 8. The fraction of sp³-hybridized carbons (Fsp3) is 0.556. The molecule has 28 heavy (non-hydrogen) atoms. The van der Waals surface area contributed by atoms with Gasteiger partial charge < -0.3 is 9.84 Å². The Morgan fingerprint density at radius 3 is 2.50 bits per heavy atom. The predicted molar refractivity (Wildman–Crippen MR) is 101 cm³/mol. The van der Waals surface area contributed by atoms with E-state index >= 15 is 0 Å². The van der Waals surface area contributed by atoms with Crippen LogP contribution in [0.25, 0.3) is 0 Å². The highest BCUT2D eigenvalue weighted by Gasteiger charge is 2.39. The number of halogens is 2. The first-order chi connectivity index (χ1) is 13.3. The maximum Gasteiger partial charge on any atom is 0.335 e. The van der Waals surface area contributed by atoms with Gasteiger partial charge in [0.05, 0.1) is 5.75 Å². The van der Waals surface area contributed by atoms with E-state index in [4.69, 9.17) is 4.52 Å². The number of benzene rings is 1. The predicted octanol–water partition coefficient (Wildman–Crippen LogP) is 3.12. The second-order valence-corrected chi connectivity index (χ2v) is 9.07. The molecule has 0 bridgehead atoms. The van der Waals surface area contributed by atoms with E-state index in [0.29, 0.717) is 6.54 Å². The van der Waals surface area contributed by atoms with E-state index in [-0.39, 0.29) is 29.3 Å². The molecule has 154 valence electrons. The van der Waals surface area contributed by atoms with Gasteiger partial charge in [0.25, 0.3) is 0 Å². The van der Waals surface area contributed by atoms with Crippen LogP contribution in [0.4, 0.5) is 14.8 Å². The summed E-state index contributed by atoms with van der Waals surface area (Å²) < 4.78 is 59.6. The van der Waals surface area contributed by atoms with Crippen LogP contribution in [-0.2, 0) is 15.9 Å². The molecule has 1 saturated carbocycles. The Labute approximate surface area is 163 Å². The number of sulfonamides is 1. The number of aromatic nitrogens is 2. The summed E-state index contributed by atoms with van der Waals surface area (Å²) in [7, 11) is -3.19. The van der Waals surface area contributed by atoms with Gasteiger partial charge in [-0.1, -0.05) is 35.5 Å². The Morgan fingerprint density at radius 2 is 1.86 bits per heavy atom. The summed E-state index contributed by atoms with van der Waals surface area (Å²) in [5.74, 6) is -3.68. The van der Waals surface area contributed by atoms with E-state index in [1.54, 1.807) is 13.0 Å². The van der Waals surface area contributed by atoms with E-state index < -0.39 is 21.8 Å². The van der Waals surface area contributed by atoms with Crippen LogP contribution in [0.3, 0.4) is 0 Å². The lowest BCUT2D eigenvalue weighted by molar-refractivity contribution is 0.0304. The molecule has 10 heteroatoms. The van der Waals surface area contributed by atoms with E-state index in [9.17, 15) is 17.2 Å². The summed E-state index contributed by atoms with van der Waals surface area (Å²) in [6.45, 7) is 2.03. The zero-order chi connectivity index (χ0) is 20.2. The molecule has 1 aliphatic rings. The lowest BCUT2D eigenvalue weighted by Crippen LogP contribution is -2.34. The van der Waals surface area contributed by atoms with E-state index in [2.05, 4.69) is 20.2 Å². The lowest BCUT2D eigenvalue weighted by atomic mass is 9.86. The summed E-state index contributed by atoms with van der Waals surface area (Å²) in [4.78, 5) is 3.82. The zero-order valence-electron chi connectivity index (χ0n) is 15.6. The first-order valence-corrected chi connectivity index (χ1v) is 11.0. The second kappa shape index (κ2) is 8.52. The van der Waals surface area contributed by atoms with Crippen LogP contribution in [0.5, 0.6) is 0 Å². The highest BCUT2D eigenvalue weighted by atomic mass is 32.2. The maximum atomic E-state index is 14.5. The van der Waals surface area contributed by atoms with E-state index in [0.717, 1.165) is 25.7 Å². The molecule has 7 nitrogen and oxygen atoms in total. The molecule has 1 aromatic carbocycles. The van der Waals surface area contributed by atoms with Crippen molar-refractivity contribution in [3.8, 4) is 0 Å². The van der Waals surface area contributed by atoms with Crippen LogP contribution in [0.1, 0.15) is 44.0 Å². The van der Waals surface area contributed by atoms with E-state index in [1.165, 1.54) is 24.3 Å². The summed E-state index contributed by atoms with van der Waals surface area (Å²) in [6, 6.07) is 7.35. The third-order valence-corrected chi connectivity index (χ3v) is 6.36. The van der Waals surface area contributed by atoms with Gasteiger partial charge in [-0.2, -0.15) is 13.8 Å². The number of alkyl halides is 2. The smallest absolute Gasteiger partial charge is 0.335 e. The fourth-order valence-electron chi connectivity index (χ4n) is 3.22. The molecular weight excluding hydrogens is 390 g/mol. The summed E-state index contributed by atoms with van der Waals surface area (Å²) in [5, 5.41) is 6.45. The van der Waals surface area contributed by atoms with Gasteiger partial charge in [0.2, 0.25) is 15.8 Å². The van der Waals surface area contributed by atoms with Crippen molar-refractivity contribution in [2.75, 3.05) is 17.6 Å². The van der Waals surface area contributed by atoms with Crippen LogP contribution in [0.2, 0.25) is 0 Å². The topological polar surface area (TPSA) is 97.1 Å². The van der Waals surface area contributed by atoms with Crippen LogP contribution in [0, 0.1) is 5.92 Å². The monoisotopic (exact) mass is 414 g/mol. The number of nitrogens with one attached hydrogen (secondary N) is 2. The quantitative estimate of drug-likeness (QED) is 0.689. The van der Waals surface area contributed by atoms with Crippen molar-refractivity contribution in [3.63, 3.8) is 0 Å². The zero-order valence-corrected chi connectivity index (χ0v) is 16.4. The number of hydrogen-bond donors (Lipinski definition) is 2. The second-order valence-electron chi connectivity index (χ2n) is 6.98. The van der Waals surface area contributed by atoms with Crippen molar-refractivity contribution < 1.29 is 21.7 Å². The molecule has 1 aromatic heterocycles. The summed E-state index contributed by atoms with van der Waals surface area (Å²) in [5.41, 5.74) is -0.197. The van der Waals surface area contributed by atoms with Gasteiger partial charge >= 0.3 is 11.9 Å². The van der Waals surface area contributed by atoms with Crippen molar-refractivity contribution >= 4 is 16.0 Å². The standard InChI is InChI=1S/C18H24F2N4O3S/c1-2-28(25,26)21-12-13-8-10-15(11-9-13)22-17-23-16(24-27-17)18(19,20)14-6-4-3-5-7-14/h3-7,13,15,21H,2,8-12H2,1H3,(H,22,23,24)/t13-,15-. The SMILES string of the molecule is CCS(=O)(=O)NC[C@H]1CC[C@H](Nc2nc(C(F)(F)c3ccccc3)no2)CC1. The van der Waals surface area contributed by atoms with Gasteiger partial charge in [0.15, 0.2) is 0 Å². The minimum atomic E-state index is -3.33. The third kappa shape index (κ3) is 5.05. The van der Waals surface area contributed by atoms with Gasteiger partial charge in [-0.05, 0) is 38.5 Å². The minimum absolute atomic E-state index is 0.0256. The number of anilines is 1. The Bertz CT molecular complexity index is 866. The fourth-order valence-corrected chi connectivity index (χ4v) is 3.91. The van der Waals surface area contributed by atoms with Crippen LogP contribution in [0.15, 0.2) is 34.9 Å². The molecule has 0 unspecified atom stereocenters.